The molecule has 0 radical (unpaired) electrons. The standard InChI is InChI=1S/C7H7N.C4H9Br/c1-2-7-3-5-8-6-4-7;1-2-3-4-5/h2-6H,1H2;2-4H2,1H3. The molecule has 0 aliphatic rings. The molecule has 1 aromatic heterocycles. The Morgan fingerprint density at radius 1 is 1.46 bits per heavy atom. The molecular formula is C11H16BrN. The molecule has 1 heterocycles. The normalized spacial score (nSPS) is 8.46. The summed E-state index contributed by atoms with van der Waals surface area (Å²) in [5.74, 6) is 0. The molecule has 0 N–H and O–H groups in total. The van der Waals surface area contributed by atoms with E-state index >= 15 is 0 Å². The zero-order chi connectivity index (χ0) is 9.94. The summed E-state index contributed by atoms with van der Waals surface area (Å²) < 4.78 is 0. The van der Waals surface area contributed by atoms with Crippen LogP contribution in [0.5, 0.6) is 0 Å². The molecule has 1 nitrogen and oxygen atoms in total. The van der Waals surface area contributed by atoms with Crippen LogP contribution >= 0.6 is 15.9 Å². The minimum Gasteiger partial charge on any atom is -0.265 e. The molecule has 0 spiro atoms. The SMILES string of the molecule is C=Cc1ccncc1.CCCCBr. The van der Waals surface area contributed by atoms with Crippen LogP contribution in [0.1, 0.15) is 25.3 Å². The van der Waals surface area contributed by atoms with Gasteiger partial charge in [0.1, 0.15) is 0 Å². The van der Waals surface area contributed by atoms with Crippen molar-refractivity contribution in [1.29, 1.82) is 0 Å². The number of aromatic nitrogens is 1. The Bertz CT molecular complexity index is 207. The predicted octanol–water partition coefficient (Wildman–Crippen LogP) is 3.91. The summed E-state index contributed by atoms with van der Waals surface area (Å²) in [4.78, 5) is 3.85. The average molecular weight is 242 g/mol. The smallest absolute Gasteiger partial charge is 0.0273 e. The molecular weight excluding hydrogens is 226 g/mol. The molecule has 0 atom stereocenters. The van der Waals surface area contributed by atoms with Crippen LogP contribution in [-0.4, -0.2) is 10.3 Å². The van der Waals surface area contributed by atoms with E-state index in [1.807, 2.05) is 12.1 Å². The number of unbranched alkanes of at least 4 members (excludes halogenated alkanes) is 1. The van der Waals surface area contributed by atoms with Crippen molar-refractivity contribution in [2.45, 2.75) is 19.8 Å². The van der Waals surface area contributed by atoms with Crippen LogP contribution < -0.4 is 0 Å². The van der Waals surface area contributed by atoms with Gasteiger partial charge in [0.05, 0.1) is 0 Å². The van der Waals surface area contributed by atoms with Crippen LogP contribution in [0.3, 0.4) is 0 Å². The van der Waals surface area contributed by atoms with Gasteiger partial charge in [-0.05, 0) is 24.1 Å². The van der Waals surface area contributed by atoms with Crippen LogP contribution in [0.25, 0.3) is 6.08 Å². The van der Waals surface area contributed by atoms with Gasteiger partial charge in [0, 0.05) is 17.7 Å². The fourth-order valence-electron chi connectivity index (χ4n) is 0.633. The summed E-state index contributed by atoms with van der Waals surface area (Å²) in [6, 6.07) is 3.82. The molecule has 13 heavy (non-hydrogen) atoms. The molecule has 2 heteroatoms. The lowest BCUT2D eigenvalue weighted by atomic mass is 10.3. The second-order valence-corrected chi connectivity index (χ2v) is 3.32. The van der Waals surface area contributed by atoms with Crippen molar-refractivity contribution in [1.82, 2.24) is 4.98 Å². The highest BCUT2D eigenvalue weighted by Gasteiger charge is 1.76. The minimum atomic E-state index is 1.11. The van der Waals surface area contributed by atoms with Gasteiger partial charge in [-0.2, -0.15) is 0 Å². The summed E-state index contributed by atoms with van der Waals surface area (Å²) in [6.07, 6.45) is 7.89. The van der Waals surface area contributed by atoms with E-state index in [-0.39, 0.29) is 0 Å². The van der Waals surface area contributed by atoms with Crippen molar-refractivity contribution in [3.8, 4) is 0 Å². The number of hydrogen-bond donors (Lipinski definition) is 0. The Labute approximate surface area is 89.0 Å². The van der Waals surface area contributed by atoms with Crippen molar-refractivity contribution >= 4 is 22.0 Å². The topological polar surface area (TPSA) is 12.9 Å². The largest absolute Gasteiger partial charge is 0.265 e. The Hall–Kier alpha value is -0.630. The number of halogens is 1. The Morgan fingerprint density at radius 3 is 2.31 bits per heavy atom. The summed E-state index contributed by atoms with van der Waals surface area (Å²) in [5.41, 5.74) is 1.11. The molecule has 72 valence electrons. The predicted molar refractivity (Wildman–Crippen MR) is 63.0 cm³/mol. The molecule has 1 rings (SSSR count). The molecule has 0 fully saturated rings. The number of rotatable bonds is 3. The van der Waals surface area contributed by atoms with Gasteiger partial charge in [-0.25, -0.2) is 0 Å². The monoisotopic (exact) mass is 241 g/mol. The van der Waals surface area contributed by atoms with Gasteiger partial charge in [0.2, 0.25) is 0 Å². The summed E-state index contributed by atoms with van der Waals surface area (Å²) in [6.45, 7) is 5.78. The fraction of sp³-hybridized carbons (Fsp3) is 0.364. The lowest BCUT2D eigenvalue weighted by Crippen LogP contribution is -1.69. The van der Waals surface area contributed by atoms with Crippen LogP contribution in [-0.2, 0) is 0 Å². The van der Waals surface area contributed by atoms with Gasteiger partial charge in [-0.3, -0.25) is 4.98 Å². The van der Waals surface area contributed by atoms with E-state index in [2.05, 4.69) is 34.4 Å². The van der Waals surface area contributed by atoms with Gasteiger partial charge in [-0.15, -0.1) is 0 Å². The van der Waals surface area contributed by atoms with Crippen LogP contribution in [0.2, 0.25) is 0 Å². The fourth-order valence-corrected chi connectivity index (χ4v) is 1.19. The molecule has 0 aliphatic heterocycles. The Morgan fingerprint density at radius 2 is 2.08 bits per heavy atom. The maximum atomic E-state index is 3.85. The molecule has 0 bridgehead atoms. The van der Waals surface area contributed by atoms with E-state index < -0.39 is 0 Å². The third kappa shape index (κ3) is 7.72. The van der Waals surface area contributed by atoms with E-state index in [4.69, 9.17) is 0 Å². The Balaban J connectivity index is 0.000000252. The minimum absolute atomic E-state index is 1.11. The third-order valence-electron chi connectivity index (χ3n) is 1.43. The van der Waals surface area contributed by atoms with Crippen molar-refractivity contribution in [3.05, 3.63) is 36.7 Å². The zero-order valence-electron chi connectivity index (χ0n) is 8.04. The second-order valence-electron chi connectivity index (χ2n) is 2.53. The first-order chi connectivity index (χ1) is 6.35. The molecule has 0 saturated heterocycles. The number of pyridine rings is 1. The molecule has 1 aromatic rings. The number of nitrogens with zero attached hydrogens (tertiary/aromatic N) is 1. The highest BCUT2D eigenvalue weighted by molar-refractivity contribution is 9.09. The van der Waals surface area contributed by atoms with E-state index in [9.17, 15) is 0 Å². The summed E-state index contributed by atoms with van der Waals surface area (Å²) in [7, 11) is 0. The zero-order valence-corrected chi connectivity index (χ0v) is 9.63. The third-order valence-corrected chi connectivity index (χ3v) is 1.99. The van der Waals surface area contributed by atoms with Crippen LogP contribution in [0, 0.1) is 0 Å². The van der Waals surface area contributed by atoms with Gasteiger partial charge in [-0.1, -0.05) is 41.9 Å². The number of hydrogen-bond acceptors (Lipinski definition) is 1. The number of alkyl halides is 1. The van der Waals surface area contributed by atoms with Crippen molar-refractivity contribution in [2.75, 3.05) is 5.33 Å². The van der Waals surface area contributed by atoms with E-state index in [0.717, 1.165) is 10.9 Å². The summed E-state index contributed by atoms with van der Waals surface area (Å²) in [5, 5.41) is 1.16. The quantitative estimate of drug-likeness (QED) is 0.732. The summed E-state index contributed by atoms with van der Waals surface area (Å²) >= 11 is 3.31. The van der Waals surface area contributed by atoms with Crippen molar-refractivity contribution in [2.24, 2.45) is 0 Å². The maximum absolute atomic E-state index is 3.85. The first-order valence-electron chi connectivity index (χ1n) is 4.43. The first-order valence-corrected chi connectivity index (χ1v) is 5.55. The van der Waals surface area contributed by atoms with Crippen LogP contribution in [0.4, 0.5) is 0 Å². The molecule has 0 amide bonds. The molecule has 0 unspecified atom stereocenters. The highest BCUT2D eigenvalue weighted by Crippen LogP contribution is 1.95. The maximum Gasteiger partial charge on any atom is 0.0273 e. The lowest BCUT2D eigenvalue weighted by Gasteiger charge is -1.84. The second kappa shape index (κ2) is 9.46. The molecule has 0 aromatic carbocycles. The van der Waals surface area contributed by atoms with E-state index in [1.165, 1.54) is 12.8 Å². The van der Waals surface area contributed by atoms with Crippen molar-refractivity contribution < 1.29 is 0 Å². The average Bonchev–Trinajstić information content (AvgIpc) is 2.21. The van der Waals surface area contributed by atoms with Gasteiger partial charge in [0.15, 0.2) is 0 Å². The van der Waals surface area contributed by atoms with Gasteiger partial charge >= 0.3 is 0 Å². The lowest BCUT2D eigenvalue weighted by molar-refractivity contribution is 0.902. The van der Waals surface area contributed by atoms with E-state index in [1.54, 1.807) is 18.5 Å². The first kappa shape index (κ1) is 12.4. The van der Waals surface area contributed by atoms with Gasteiger partial charge < -0.3 is 0 Å². The highest BCUT2D eigenvalue weighted by atomic mass is 79.9. The van der Waals surface area contributed by atoms with Crippen LogP contribution in [0.15, 0.2) is 31.1 Å². The van der Waals surface area contributed by atoms with E-state index in [0.29, 0.717) is 0 Å². The van der Waals surface area contributed by atoms with Gasteiger partial charge in [0.25, 0.3) is 0 Å². The molecule has 0 saturated carbocycles. The molecule has 0 aliphatic carbocycles. The van der Waals surface area contributed by atoms with Crippen molar-refractivity contribution in [3.63, 3.8) is 0 Å². The Kier molecular flexibility index (Phi) is 9.00.